The summed E-state index contributed by atoms with van der Waals surface area (Å²) in [5.41, 5.74) is 3.50. The predicted molar refractivity (Wildman–Crippen MR) is 110 cm³/mol. The molecular formula is C21H19ClN2O4. The van der Waals surface area contributed by atoms with Crippen molar-refractivity contribution in [1.29, 1.82) is 0 Å². The minimum Gasteiger partial charge on any atom is -0.493 e. The Morgan fingerprint density at radius 2 is 2.04 bits per heavy atom. The van der Waals surface area contributed by atoms with E-state index in [0.717, 1.165) is 0 Å². The number of rotatable bonds is 9. The number of halogens is 1. The van der Waals surface area contributed by atoms with E-state index in [1.54, 1.807) is 42.5 Å². The van der Waals surface area contributed by atoms with E-state index in [4.69, 9.17) is 32.2 Å². The summed E-state index contributed by atoms with van der Waals surface area (Å²) in [4.78, 5) is 12.3. The molecule has 0 spiro atoms. The number of terminal acetylenes is 1. The molecule has 0 fully saturated rings. The van der Waals surface area contributed by atoms with Crippen molar-refractivity contribution in [3.63, 3.8) is 0 Å². The van der Waals surface area contributed by atoms with Crippen LogP contribution in [-0.2, 0) is 0 Å². The van der Waals surface area contributed by atoms with Crippen molar-refractivity contribution in [2.45, 2.75) is 0 Å². The zero-order valence-corrected chi connectivity index (χ0v) is 16.0. The van der Waals surface area contributed by atoms with Gasteiger partial charge >= 0.3 is 0 Å². The summed E-state index contributed by atoms with van der Waals surface area (Å²) in [5, 5.41) is 4.33. The average molecular weight is 399 g/mol. The Morgan fingerprint density at radius 1 is 1.25 bits per heavy atom. The monoisotopic (exact) mass is 398 g/mol. The Bertz CT molecular complexity index is 919. The number of hydrazone groups is 1. The van der Waals surface area contributed by atoms with Crippen molar-refractivity contribution in [1.82, 2.24) is 5.43 Å². The number of carbonyl (C=O) groups excluding carboxylic acids is 1. The third kappa shape index (κ3) is 5.79. The highest BCUT2D eigenvalue weighted by Gasteiger charge is 2.10. The van der Waals surface area contributed by atoms with Gasteiger partial charge in [-0.25, -0.2) is 5.43 Å². The summed E-state index contributed by atoms with van der Waals surface area (Å²) in [6.07, 6.45) is 8.23. The van der Waals surface area contributed by atoms with Gasteiger partial charge in [-0.2, -0.15) is 5.10 Å². The molecule has 0 aliphatic carbocycles. The molecule has 2 aromatic rings. The molecule has 1 amide bonds. The van der Waals surface area contributed by atoms with Crippen molar-refractivity contribution < 1.29 is 19.0 Å². The molecule has 0 aliphatic rings. The van der Waals surface area contributed by atoms with E-state index in [2.05, 4.69) is 23.0 Å². The van der Waals surface area contributed by atoms with Crippen molar-refractivity contribution >= 4 is 23.7 Å². The summed E-state index contributed by atoms with van der Waals surface area (Å²) in [6, 6.07) is 9.89. The van der Waals surface area contributed by atoms with Crippen LogP contribution in [0.15, 0.2) is 54.2 Å². The highest BCUT2D eigenvalue weighted by Crippen LogP contribution is 2.28. The fourth-order valence-electron chi connectivity index (χ4n) is 2.14. The number of carbonyl (C=O) groups is 1. The van der Waals surface area contributed by atoms with Crippen LogP contribution in [0.25, 0.3) is 0 Å². The quantitative estimate of drug-likeness (QED) is 0.303. The number of nitrogens with one attached hydrogen (secondary N) is 1. The molecule has 144 valence electrons. The van der Waals surface area contributed by atoms with Crippen molar-refractivity contribution in [2.24, 2.45) is 5.10 Å². The number of nitrogens with zero attached hydrogens (tertiary/aromatic N) is 1. The van der Waals surface area contributed by atoms with Gasteiger partial charge in [0.05, 0.1) is 18.3 Å². The van der Waals surface area contributed by atoms with E-state index >= 15 is 0 Å². The van der Waals surface area contributed by atoms with Crippen LogP contribution in [0.2, 0.25) is 5.02 Å². The second kappa shape index (κ2) is 10.7. The van der Waals surface area contributed by atoms with Gasteiger partial charge in [0, 0.05) is 5.56 Å². The second-order valence-corrected chi connectivity index (χ2v) is 5.75. The first kappa shape index (κ1) is 20.9. The van der Waals surface area contributed by atoms with E-state index in [0.29, 0.717) is 40.0 Å². The molecule has 0 saturated heterocycles. The summed E-state index contributed by atoms with van der Waals surface area (Å²) in [7, 11) is 1.50. The Labute approximate surface area is 168 Å². The van der Waals surface area contributed by atoms with Crippen molar-refractivity contribution in [3.8, 4) is 29.6 Å². The maximum atomic E-state index is 12.3. The Balaban J connectivity index is 2.02. The van der Waals surface area contributed by atoms with Gasteiger partial charge in [-0.15, -0.1) is 6.42 Å². The molecule has 0 saturated carbocycles. The molecule has 0 bridgehead atoms. The van der Waals surface area contributed by atoms with E-state index in [1.807, 2.05) is 0 Å². The fourth-order valence-corrected chi connectivity index (χ4v) is 2.38. The highest BCUT2D eigenvalue weighted by molar-refractivity contribution is 6.32. The normalized spacial score (nSPS) is 10.2. The number of hydrogen-bond donors (Lipinski definition) is 1. The summed E-state index contributed by atoms with van der Waals surface area (Å²) >= 11 is 6.11. The van der Waals surface area contributed by atoms with Gasteiger partial charge < -0.3 is 14.2 Å². The lowest BCUT2D eigenvalue weighted by atomic mass is 10.2. The third-order valence-corrected chi connectivity index (χ3v) is 3.72. The number of hydrogen-bond acceptors (Lipinski definition) is 5. The molecular weight excluding hydrogens is 380 g/mol. The maximum absolute atomic E-state index is 12.3. The lowest BCUT2D eigenvalue weighted by molar-refractivity contribution is 0.0954. The minimum atomic E-state index is -0.398. The zero-order chi connectivity index (χ0) is 20.4. The first-order valence-electron chi connectivity index (χ1n) is 8.20. The smallest absolute Gasteiger partial charge is 0.271 e. The standard InChI is InChI=1S/C21H19ClN2O4/c1-4-10-27-18-8-6-15(12-17(18)22)14-23-24-21(25)16-7-9-19(28-11-5-2)20(13-16)26-3/h1,5-9,12-14H,2,10-11H2,3H3,(H,24,25)/b23-14+. The lowest BCUT2D eigenvalue weighted by Gasteiger charge is -2.10. The number of benzene rings is 2. The molecule has 7 heteroatoms. The van der Waals surface area contributed by atoms with Crippen molar-refractivity contribution in [3.05, 3.63) is 65.2 Å². The zero-order valence-electron chi connectivity index (χ0n) is 15.3. The van der Waals surface area contributed by atoms with Gasteiger partial charge in [-0.1, -0.05) is 30.2 Å². The van der Waals surface area contributed by atoms with Crippen LogP contribution in [0, 0.1) is 12.3 Å². The molecule has 0 radical (unpaired) electrons. The van der Waals surface area contributed by atoms with E-state index < -0.39 is 5.91 Å². The van der Waals surface area contributed by atoms with Gasteiger partial charge in [0.2, 0.25) is 0 Å². The fraction of sp³-hybridized carbons (Fsp3) is 0.143. The van der Waals surface area contributed by atoms with E-state index in [-0.39, 0.29) is 6.61 Å². The molecule has 0 atom stereocenters. The van der Waals surface area contributed by atoms with Gasteiger partial charge in [0.15, 0.2) is 11.5 Å². The van der Waals surface area contributed by atoms with Crippen LogP contribution in [0.4, 0.5) is 0 Å². The molecule has 0 unspecified atom stereocenters. The lowest BCUT2D eigenvalue weighted by Crippen LogP contribution is -2.17. The van der Waals surface area contributed by atoms with Crippen LogP contribution in [0.5, 0.6) is 17.2 Å². The highest BCUT2D eigenvalue weighted by atomic mass is 35.5. The van der Waals surface area contributed by atoms with Crippen LogP contribution in [0.3, 0.4) is 0 Å². The largest absolute Gasteiger partial charge is 0.493 e. The average Bonchev–Trinajstić information content (AvgIpc) is 2.71. The third-order valence-electron chi connectivity index (χ3n) is 3.43. The molecule has 0 heterocycles. The van der Waals surface area contributed by atoms with Crippen molar-refractivity contribution in [2.75, 3.05) is 20.3 Å². The van der Waals surface area contributed by atoms with Crippen LogP contribution >= 0.6 is 11.6 Å². The number of ether oxygens (including phenoxy) is 3. The molecule has 6 nitrogen and oxygen atoms in total. The van der Waals surface area contributed by atoms with Crippen LogP contribution in [-0.4, -0.2) is 32.4 Å². The van der Waals surface area contributed by atoms with Gasteiger partial charge in [0.25, 0.3) is 5.91 Å². The summed E-state index contributed by atoms with van der Waals surface area (Å²) < 4.78 is 16.0. The molecule has 28 heavy (non-hydrogen) atoms. The molecule has 2 aromatic carbocycles. The minimum absolute atomic E-state index is 0.129. The molecule has 0 aliphatic heterocycles. The SMILES string of the molecule is C#CCOc1ccc(/C=N/NC(=O)c2ccc(OCC=C)c(OC)c2)cc1Cl. The van der Waals surface area contributed by atoms with Crippen LogP contribution in [0.1, 0.15) is 15.9 Å². The Hall–Kier alpha value is -3.43. The van der Waals surface area contributed by atoms with Crippen LogP contribution < -0.4 is 19.6 Å². The number of amides is 1. The van der Waals surface area contributed by atoms with Gasteiger partial charge in [0.1, 0.15) is 19.0 Å². The first-order valence-corrected chi connectivity index (χ1v) is 8.57. The molecule has 1 N–H and O–H groups in total. The predicted octanol–water partition coefficient (Wildman–Crippen LogP) is 3.69. The Kier molecular flexibility index (Phi) is 7.94. The maximum Gasteiger partial charge on any atom is 0.271 e. The Morgan fingerprint density at radius 3 is 2.71 bits per heavy atom. The second-order valence-electron chi connectivity index (χ2n) is 5.35. The number of methoxy groups -OCH3 is 1. The summed E-state index contributed by atoms with van der Waals surface area (Å²) in [6.45, 7) is 4.05. The topological polar surface area (TPSA) is 69.2 Å². The van der Waals surface area contributed by atoms with E-state index in [9.17, 15) is 4.79 Å². The first-order chi connectivity index (χ1) is 13.6. The summed E-state index contributed by atoms with van der Waals surface area (Å²) in [5.74, 6) is 3.40. The molecule has 0 aromatic heterocycles. The van der Waals surface area contributed by atoms with Gasteiger partial charge in [-0.3, -0.25) is 4.79 Å². The van der Waals surface area contributed by atoms with E-state index in [1.165, 1.54) is 13.3 Å². The molecule has 2 rings (SSSR count). The van der Waals surface area contributed by atoms with Gasteiger partial charge in [-0.05, 0) is 42.0 Å².